The fraction of sp³-hybridized carbons (Fsp3) is 0.273. The Morgan fingerprint density at radius 2 is 0.920 bits per heavy atom. The zero-order valence-electron chi connectivity index (χ0n) is 43.3. The fourth-order valence-electron chi connectivity index (χ4n) is 12.7. The van der Waals surface area contributed by atoms with Gasteiger partial charge in [0.25, 0.3) is 0 Å². The van der Waals surface area contributed by atoms with Gasteiger partial charge in [0.05, 0.1) is 37.5 Å². The van der Waals surface area contributed by atoms with Crippen LogP contribution in [-0.2, 0) is 23.7 Å². The Morgan fingerprint density at radius 1 is 0.467 bits per heavy atom. The molecule has 2 unspecified atom stereocenters. The number of rotatable bonds is 15. The predicted molar refractivity (Wildman–Crippen MR) is 319 cm³/mol. The molecule has 5 aromatic heterocycles. The lowest BCUT2D eigenvalue weighted by Crippen LogP contribution is -2.30. The number of thiophene rings is 4. The second-order valence-electron chi connectivity index (χ2n) is 21.2. The lowest BCUT2D eigenvalue weighted by Gasteiger charge is -2.36. The molecule has 5 heterocycles. The fourth-order valence-corrected chi connectivity index (χ4v) is 18.9. The van der Waals surface area contributed by atoms with Gasteiger partial charge in [0, 0.05) is 45.6 Å². The van der Waals surface area contributed by atoms with E-state index in [-0.39, 0.29) is 11.1 Å². The Hall–Kier alpha value is -5.68. The van der Waals surface area contributed by atoms with Gasteiger partial charge in [0.2, 0.25) is 0 Å². The van der Waals surface area contributed by atoms with Gasteiger partial charge in [-0.1, -0.05) is 161 Å². The number of fused-ring (bicyclic) bond motifs is 11. The molecule has 0 saturated carbocycles. The number of unbranched alkanes of at least 4 members (excludes halogenated alkanes) is 6. The van der Waals surface area contributed by atoms with Gasteiger partial charge in [-0.25, -0.2) is 8.78 Å². The largest absolute Gasteiger partial charge is 0.203 e. The SMILES string of the molecule is CCCCCCc1ccc(C2(c3ccc(C)cc3)c3cc4c(cc3-c3sc5cc(C)sc5c32)C(c2ccc(C)cc2)(c2ccc(CCCCCC)cc2)c2c-4sc3cc(-c4c(F)c(F)c(C)c5nsnc45)sc23)cc1. The number of hydrogen-bond donors (Lipinski definition) is 0. The quantitative estimate of drug-likeness (QED) is 0.0956. The molecule has 2 aliphatic rings. The van der Waals surface area contributed by atoms with Crippen molar-refractivity contribution in [2.45, 2.75) is 117 Å². The molecule has 6 aromatic carbocycles. The molecule has 75 heavy (non-hydrogen) atoms. The molecule has 2 aliphatic carbocycles. The third-order valence-electron chi connectivity index (χ3n) is 16.5. The first-order valence-corrected chi connectivity index (χ1v) is 30.8. The van der Waals surface area contributed by atoms with E-state index >= 15 is 8.78 Å². The first kappa shape index (κ1) is 48.9. The van der Waals surface area contributed by atoms with Crippen LogP contribution in [-0.4, -0.2) is 8.75 Å². The van der Waals surface area contributed by atoms with E-state index in [0.717, 1.165) is 34.0 Å². The summed E-state index contributed by atoms with van der Waals surface area (Å²) in [6.45, 7) is 12.7. The Kier molecular flexibility index (Phi) is 12.5. The standard InChI is InChI=1S/C66H58F2N2S5/c1-7-9-11-13-15-41-21-29-45(30-22-41)65(43-25-17-37(3)18-26-43)49-35-48-50(34-47(49)61-55(65)63-52(73-61)33-39(5)71-63)66(44-27-19-38(4)20-28-44,46-31-23-42(24-32-46)16-14-12-10-8-2)56-62(48)74-53-36-51(72-64(53)56)54-58(68)57(67)40(6)59-60(54)70-75-69-59/h17-36H,7-16H2,1-6H3. The summed E-state index contributed by atoms with van der Waals surface area (Å²) >= 11 is 8.24. The molecule has 0 radical (unpaired) electrons. The molecule has 0 amide bonds. The van der Waals surface area contributed by atoms with Crippen LogP contribution in [0.5, 0.6) is 0 Å². The minimum Gasteiger partial charge on any atom is -0.203 e. The molecule has 11 aromatic rings. The number of benzene rings is 6. The number of aromatic nitrogens is 2. The second-order valence-corrected chi connectivity index (χ2v) is 26.2. The molecule has 0 bridgehead atoms. The summed E-state index contributed by atoms with van der Waals surface area (Å²) in [5, 5.41) is 0. The third kappa shape index (κ3) is 7.49. The van der Waals surface area contributed by atoms with Crippen molar-refractivity contribution in [3.05, 3.63) is 210 Å². The van der Waals surface area contributed by atoms with Crippen LogP contribution in [0.4, 0.5) is 8.78 Å². The average Bonchev–Trinajstić information content (AvgIpc) is 4.40. The predicted octanol–water partition coefficient (Wildman–Crippen LogP) is 20.4. The number of nitrogens with zero attached hydrogens (tertiary/aromatic N) is 2. The van der Waals surface area contributed by atoms with Gasteiger partial charge in [-0.05, 0) is 133 Å². The van der Waals surface area contributed by atoms with E-state index in [1.54, 1.807) is 29.6 Å². The van der Waals surface area contributed by atoms with Crippen molar-refractivity contribution in [3.8, 4) is 31.3 Å². The van der Waals surface area contributed by atoms with Gasteiger partial charge in [-0.2, -0.15) is 8.75 Å². The van der Waals surface area contributed by atoms with E-state index in [2.05, 4.69) is 165 Å². The summed E-state index contributed by atoms with van der Waals surface area (Å²) < 4.78 is 46.4. The first-order chi connectivity index (χ1) is 36.6. The highest BCUT2D eigenvalue weighted by molar-refractivity contribution is 7.32. The molecule has 376 valence electrons. The lowest BCUT2D eigenvalue weighted by atomic mass is 9.65. The maximum absolute atomic E-state index is 16.6. The third-order valence-corrected chi connectivity index (χ3v) is 21.9. The highest BCUT2D eigenvalue weighted by Crippen LogP contribution is 2.68. The van der Waals surface area contributed by atoms with Crippen LogP contribution in [0.25, 0.3) is 61.2 Å². The van der Waals surface area contributed by atoms with Crippen LogP contribution in [0, 0.1) is 39.3 Å². The summed E-state index contributed by atoms with van der Waals surface area (Å²) in [4.78, 5) is 4.56. The molecule has 9 heteroatoms. The Balaban J connectivity index is 1.12. The summed E-state index contributed by atoms with van der Waals surface area (Å²) in [6.07, 6.45) is 11.9. The first-order valence-electron chi connectivity index (χ1n) is 26.8. The van der Waals surface area contributed by atoms with Gasteiger partial charge in [0.15, 0.2) is 11.6 Å². The Morgan fingerprint density at radius 3 is 1.41 bits per heavy atom. The summed E-state index contributed by atoms with van der Waals surface area (Å²) in [5.41, 5.74) is 17.7. The molecular formula is C66H58F2N2S5. The zero-order valence-corrected chi connectivity index (χ0v) is 47.4. The van der Waals surface area contributed by atoms with Crippen molar-refractivity contribution in [2.24, 2.45) is 0 Å². The van der Waals surface area contributed by atoms with E-state index < -0.39 is 22.5 Å². The topological polar surface area (TPSA) is 25.8 Å². The van der Waals surface area contributed by atoms with E-state index in [1.807, 2.05) is 22.7 Å². The Bertz CT molecular complexity index is 3980. The second kappa shape index (κ2) is 19.1. The molecule has 0 N–H and O–H groups in total. The van der Waals surface area contributed by atoms with E-state index in [4.69, 9.17) is 0 Å². The molecule has 0 saturated heterocycles. The van der Waals surface area contributed by atoms with Gasteiger partial charge >= 0.3 is 0 Å². The number of hydrogen-bond acceptors (Lipinski definition) is 7. The molecule has 0 fully saturated rings. The van der Waals surface area contributed by atoms with Crippen LogP contribution in [0.1, 0.15) is 142 Å². The van der Waals surface area contributed by atoms with Crippen LogP contribution >= 0.6 is 57.1 Å². The maximum Gasteiger partial charge on any atom is 0.170 e. The highest BCUT2D eigenvalue weighted by atomic mass is 32.1. The maximum atomic E-state index is 16.6. The minimum atomic E-state index is -0.865. The van der Waals surface area contributed by atoms with Crippen molar-refractivity contribution >= 4 is 86.9 Å². The van der Waals surface area contributed by atoms with Crippen LogP contribution in [0.15, 0.2) is 121 Å². The van der Waals surface area contributed by atoms with Crippen molar-refractivity contribution < 1.29 is 8.78 Å². The summed E-state index contributed by atoms with van der Waals surface area (Å²) in [7, 11) is 0. The Labute approximate surface area is 459 Å². The van der Waals surface area contributed by atoms with Crippen molar-refractivity contribution in [1.29, 1.82) is 0 Å². The number of halogens is 2. The van der Waals surface area contributed by atoms with Crippen molar-refractivity contribution in [3.63, 3.8) is 0 Å². The number of aryl methyl sites for hydroxylation is 6. The summed E-state index contributed by atoms with van der Waals surface area (Å²) in [5.74, 6) is -1.73. The average molecular weight is 1080 g/mol. The summed E-state index contributed by atoms with van der Waals surface area (Å²) in [6, 6.07) is 47.5. The van der Waals surface area contributed by atoms with Gasteiger partial charge in [-0.3, -0.25) is 0 Å². The smallest absolute Gasteiger partial charge is 0.170 e. The van der Waals surface area contributed by atoms with Crippen LogP contribution in [0.3, 0.4) is 0 Å². The van der Waals surface area contributed by atoms with Crippen molar-refractivity contribution in [2.75, 3.05) is 0 Å². The molecule has 0 aliphatic heterocycles. The molecule has 2 atom stereocenters. The van der Waals surface area contributed by atoms with Crippen LogP contribution < -0.4 is 0 Å². The zero-order chi connectivity index (χ0) is 51.3. The van der Waals surface area contributed by atoms with Gasteiger partial charge in [0.1, 0.15) is 11.0 Å². The molecule has 13 rings (SSSR count). The van der Waals surface area contributed by atoms with Gasteiger partial charge < -0.3 is 0 Å². The lowest BCUT2D eigenvalue weighted by molar-refractivity contribution is 0.508. The van der Waals surface area contributed by atoms with E-state index in [1.165, 1.54) is 153 Å². The minimum absolute atomic E-state index is 0.193. The highest BCUT2D eigenvalue weighted by Gasteiger charge is 2.54. The van der Waals surface area contributed by atoms with Crippen LogP contribution in [0.2, 0.25) is 0 Å². The molecule has 0 spiro atoms. The van der Waals surface area contributed by atoms with E-state index in [0.29, 0.717) is 15.9 Å². The molecule has 2 nitrogen and oxygen atoms in total. The molecular weight excluding hydrogens is 1020 g/mol. The van der Waals surface area contributed by atoms with E-state index in [9.17, 15) is 0 Å². The van der Waals surface area contributed by atoms with Gasteiger partial charge in [-0.15, -0.1) is 45.3 Å². The monoisotopic (exact) mass is 1080 g/mol. The normalized spacial score (nSPS) is 16.6. The van der Waals surface area contributed by atoms with Crippen molar-refractivity contribution in [1.82, 2.24) is 8.75 Å².